The van der Waals surface area contributed by atoms with Crippen LogP contribution in [0.1, 0.15) is 104 Å². The van der Waals surface area contributed by atoms with Crippen molar-refractivity contribution in [1.82, 2.24) is 5.32 Å². The van der Waals surface area contributed by atoms with E-state index in [0.717, 1.165) is 12.8 Å². The van der Waals surface area contributed by atoms with Gasteiger partial charge in [-0.1, -0.05) is 76.9 Å². The Kier molecular flexibility index (Phi) is 24.4. The topological polar surface area (TPSA) is 72.4 Å². The van der Waals surface area contributed by atoms with Crippen LogP contribution in [-0.4, -0.2) is 29.8 Å². The molecule has 4 nitrogen and oxygen atoms in total. The molecule has 0 bridgehead atoms. The Balaban J connectivity index is 0. The van der Waals surface area contributed by atoms with Crippen LogP contribution in [0.5, 0.6) is 0 Å². The number of nitrogens with one attached hydrogen (secondary N) is 1. The van der Waals surface area contributed by atoms with E-state index in [1.54, 1.807) is 0 Å². The molecule has 0 fully saturated rings. The number of aliphatic carboxylic acids is 1. The molecule has 2 N–H and O–H groups in total. The molecule has 0 amide bonds. The predicted octanol–water partition coefficient (Wildman–Crippen LogP) is 1.12. The van der Waals surface area contributed by atoms with Crippen LogP contribution in [0.15, 0.2) is 12.2 Å². The maximum Gasteiger partial charge on any atom is 1.00 e. The molecule has 154 valence electrons. The number of carboxylic acids is 1. The van der Waals surface area contributed by atoms with E-state index in [-0.39, 0.29) is 29.6 Å². The molecule has 0 aliphatic carbocycles. The second kappa shape index (κ2) is 22.4. The quantitative estimate of drug-likeness (QED) is 0.197. The maximum absolute atomic E-state index is 10.8. The van der Waals surface area contributed by atoms with Crippen LogP contribution < -0.4 is 40.0 Å². The van der Waals surface area contributed by atoms with Crippen LogP contribution in [0.25, 0.3) is 0 Å². The third-order valence-corrected chi connectivity index (χ3v) is 4.79. The number of aliphatic hydroxyl groups is 1. The second-order valence-corrected chi connectivity index (χ2v) is 7.43. The summed E-state index contributed by atoms with van der Waals surface area (Å²) in [5.74, 6) is -1.23. The van der Waals surface area contributed by atoms with Gasteiger partial charge in [0.1, 0.15) is 0 Å². The van der Waals surface area contributed by atoms with Crippen LogP contribution in [0.2, 0.25) is 0 Å². The molecular weight excluding hydrogens is 349 g/mol. The first-order valence-corrected chi connectivity index (χ1v) is 10.9. The van der Waals surface area contributed by atoms with Gasteiger partial charge in [0.25, 0.3) is 0 Å². The molecule has 0 saturated heterocycles. The summed E-state index contributed by atoms with van der Waals surface area (Å²) in [5, 5.41) is 23.0. The molecule has 5 heteroatoms. The predicted molar refractivity (Wildman–Crippen MR) is 108 cm³/mol. The molecule has 0 aromatic heterocycles. The summed E-state index contributed by atoms with van der Waals surface area (Å²) >= 11 is 0. The van der Waals surface area contributed by atoms with Crippen molar-refractivity contribution in [3.63, 3.8) is 0 Å². The summed E-state index contributed by atoms with van der Waals surface area (Å²) in [7, 11) is 0. The van der Waals surface area contributed by atoms with E-state index in [1.807, 2.05) is 0 Å². The van der Waals surface area contributed by atoms with Crippen molar-refractivity contribution < 1.29 is 44.6 Å². The second-order valence-electron chi connectivity index (χ2n) is 7.43. The molecule has 0 saturated carbocycles. The van der Waals surface area contributed by atoms with E-state index in [9.17, 15) is 15.0 Å². The molecule has 2 atom stereocenters. The van der Waals surface area contributed by atoms with Crippen LogP contribution >= 0.6 is 0 Å². The normalized spacial score (nSPS) is 13.4. The minimum absolute atomic E-state index is 0. The Morgan fingerprint density at radius 1 is 0.889 bits per heavy atom. The zero-order chi connectivity index (χ0) is 19.5. The third-order valence-electron chi connectivity index (χ3n) is 4.79. The molecule has 0 spiro atoms. The third kappa shape index (κ3) is 20.7. The molecule has 0 unspecified atom stereocenters. The molecule has 0 aliphatic heterocycles. The van der Waals surface area contributed by atoms with Gasteiger partial charge in [-0.2, -0.15) is 0 Å². The Morgan fingerprint density at radius 3 is 1.78 bits per heavy atom. The van der Waals surface area contributed by atoms with Crippen molar-refractivity contribution in [2.75, 3.05) is 6.54 Å². The summed E-state index contributed by atoms with van der Waals surface area (Å²) in [6, 6.07) is -0.960. The average molecular weight is 392 g/mol. The molecule has 0 radical (unpaired) electrons. The fraction of sp³-hybridized carbons (Fsp3) is 0.864. The first kappa shape index (κ1) is 29.3. The van der Waals surface area contributed by atoms with Gasteiger partial charge in [-0.05, 0) is 45.6 Å². The number of hydrogen-bond donors (Lipinski definition) is 2. The van der Waals surface area contributed by atoms with Crippen molar-refractivity contribution >= 4 is 5.97 Å². The fourth-order valence-electron chi connectivity index (χ4n) is 3.08. The van der Waals surface area contributed by atoms with Crippen LogP contribution in [-0.2, 0) is 4.79 Å². The monoisotopic (exact) mass is 391 g/mol. The summed E-state index contributed by atoms with van der Waals surface area (Å²) < 4.78 is 0. The minimum atomic E-state index is -1.23. The van der Waals surface area contributed by atoms with Gasteiger partial charge in [0.2, 0.25) is 0 Å². The smallest absolute Gasteiger partial charge is 0.548 e. The van der Waals surface area contributed by atoms with Crippen LogP contribution in [0.4, 0.5) is 0 Å². The van der Waals surface area contributed by atoms with E-state index < -0.39 is 18.1 Å². The van der Waals surface area contributed by atoms with Crippen LogP contribution in [0, 0.1) is 0 Å². The average Bonchev–Trinajstić information content (AvgIpc) is 2.60. The number of unbranched alkanes of at least 4 members (excludes halogenated alkanes) is 12. The summed E-state index contributed by atoms with van der Waals surface area (Å²) in [5.41, 5.74) is 0. The minimum Gasteiger partial charge on any atom is -0.548 e. The first-order chi connectivity index (χ1) is 12.6. The van der Waals surface area contributed by atoms with E-state index in [0.29, 0.717) is 6.54 Å². The van der Waals surface area contributed by atoms with Gasteiger partial charge < -0.3 is 20.3 Å². The van der Waals surface area contributed by atoms with Gasteiger partial charge in [-0.25, -0.2) is 0 Å². The van der Waals surface area contributed by atoms with Crippen molar-refractivity contribution in [3.8, 4) is 0 Å². The van der Waals surface area contributed by atoms with Gasteiger partial charge in [-0.15, -0.1) is 0 Å². The van der Waals surface area contributed by atoms with Gasteiger partial charge in [-0.3, -0.25) is 0 Å². The number of carboxylic acid groups (broad SMARTS) is 1. The van der Waals surface area contributed by atoms with Gasteiger partial charge in [0.05, 0.1) is 18.1 Å². The Labute approximate surface area is 189 Å². The number of aliphatic hydroxyl groups excluding tert-OH is 1. The summed E-state index contributed by atoms with van der Waals surface area (Å²) in [6.07, 6.45) is 21.4. The number of hydrogen-bond acceptors (Lipinski definition) is 4. The van der Waals surface area contributed by atoms with Gasteiger partial charge in [0.15, 0.2) is 0 Å². The Hall–Kier alpha value is 0.130. The Bertz CT molecular complexity index is 348. The summed E-state index contributed by atoms with van der Waals surface area (Å²) in [6.45, 7) is 4.34. The molecule has 0 aliphatic rings. The summed E-state index contributed by atoms with van der Waals surface area (Å²) in [4.78, 5) is 10.8. The van der Waals surface area contributed by atoms with E-state index in [4.69, 9.17) is 0 Å². The zero-order valence-corrected chi connectivity index (χ0v) is 20.2. The molecule has 0 aromatic rings. The van der Waals surface area contributed by atoms with E-state index in [2.05, 4.69) is 24.4 Å². The van der Waals surface area contributed by atoms with Crippen LogP contribution in [0.3, 0.4) is 0 Å². The maximum atomic E-state index is 10.8. The van der Waals surface area contributed by atoms with Crippen molar-refractivity contribution in [3.05, 3.63) is 12.2 Å². The van der Waals surface area contributed by atoms with Gasteiger partial charge in [0, 0.05) is 0 Å². The number of allylic oxidation sites excluding steroid dienone is 2. The van der Waals surface area contributed by atoms with E-state index in [1.165, 1.54) is 84.0 Å². The standard InChI is InChI=1S/C22H43NO3.Na/c1-3-4-5-6-7-8-9-10-11-12-13-14-15-16-17-18-19-23-21(20(2)24)22(25)26;/h10-11,20-21,23-24H,3-9,12-19H2,1-2H3,(H,25,26);/q;+1/p-1/b11-10-;/t20-,21+;/m1./s1. The largest absolute Gasteiger partial charge is 1.00 e. The molecule has 0 aromatic carbocycles. The Morgan fingerprint density at radius 2 is 1.33 bits per heavy atom. The molecule has 27 heavy (non-hydrogen) atoms. The molecular formula is C22H42NNaO3. The van der Waals surface area contributed by atoms with E-state index >= 15 is 0 Å². The van der Waals surface area contributed by atoms with Gasteiger partial charge >= 0.3 is 29.6 Å². The van der Waals surface area contributed by atoms with Crippen molar-refractivity contribution in [2.24, 2.45) is 0 Å². The molecule has 0 heterocycles. The van der Waals surface area contributed by atoms with Crippen molar-refractivity contribution in [2.45, 2.75) is 116 Å². The molecule has 0 rings (SSSR count). The SMILES string of the molecule is CCCCCCCC/C=C\CCCCCCCCN[C@H](C(=O)[O-])[C@@H](C)O.[Na+]. The first-order valence-electron chi connectivity index (χ1n) is 10.9. The number of carbonyl (C=O) groups excluding carboxylic acids is 1. The number of carbonyl (C=O) groups is 1. The van der Waals surface area contributed by atoms with Crippen molar-refractivity contribution in [1.29, 1.82) is 0 Å². The fourth-order valence-corrected chi connectivity index (χ4v) is 3.08. The zero-order valence-electron chi connectivity index (χ0n) is 18.2. The number of rotatable bonds is 19.